The molecule has 0 heterocycles. The van der Waals surface area contributed by atoms with Gasteiger partial charge >= 0.3 is 0 Å². The van der Waals surface area contributed by atoms with Crippen molar-refractivity contribution in [3.63, 3.8) is 0 Å². The fourth-order valence-electron chi connectivity index (χ4n) is 2.32. The number of carbonyl (C=O) groups excluding carboxylic acids is 2. The van der Waals surface area contributed by atoms with Gasteiger partial charge in [0, 0.05) is 13.0 Å². The quantitative estimate of drug-likeness (QED) is 0.534. The Hall–Kier alpha value is -3.08. The predicted octanol–water partition coefficient (Wildman–Crippen LogP) is 3.71. The zero-order chi connectivity index (χ0) is 18.8. The molecule has 5 nitrogen and oxygen atoms in total. The van der Waals surface area contributed by atoms with Crippen LogP contribution in [0.2, 0.25) is 0 Å². The number of nitrogens with one attached hydrogen (secondary N) is 2. The standard InChI is InChI=1S/C21H24N2O3/c1-3-14-22-21(25)18-7-4-5-8-19(18)23-20(24)9-6-15-26-17-12-10-16(2)11-13-17/h3-5,7-8,10-13H,1,6,9,14-15H2,2H3,(H,22,25)(H,23,24). The maximum atomic E-state index is 12.1. The molecule has 0 saturated carbocycles. The summed E-state index contributed by atoms with van der Waals surface area (Å²) in [6.45, 7) is 6.41. The van der Waals surface area contributed by atoms with Crippen molar-refractivity contribution in [2.75, 3.05) is 18.5 Å². The maximum Gasteiger partial charge on any atom is 0.253 e. The number of carbonyl (C=O) groups is 2. The summed E-state index contributed by atoms with van der Waals surface area (Å²) >= 11 is 0. The summed E-state index contributed by atoms with van der Waals surface area (Å²) in [5.41, 5.74) is 2.10. The Balaban J connectivity index is 1.81. The van der Waals surface area contributed by atoms with Crippen LogP contribution in [0.15, 0.2) is 61.2 Å². The Bertz CT molecular complexity index is 754. The molecule has 5 heteroatoms. The second-order valence-corrected chi connectivity index (χ2v) is 5.86. The topological polar surface area (TPSA) is 67.4 Å². The van der Waals surface area contributed by atoms with Gasteiger partial charge in [-0.05, 0) is 37.6 Å². The molecule has 26 heavy (non-hydrogen) atoms. The zero-order valence-corrected chi connectivity index (χ0v) is 15.0. The molecule has 0 unspecified atom stereocenters. The van der Waals surface area contributed by atoms with Crippen molar-refractivity contribution in [2.45, 2.75) is 19.8 Å². The monoisotopic (exact) mass is 352 g/mol. The van der Waals surface area contributed by atoms with E-state index < -0.39 is 0 Å². The van der Waals surface area contributed by atoms with Crippen LogP contribution in [0.3, 0.4) is 0 Å². The largest absolute Gasteiger partial charge is 0.494 e. The van der Waals surface area contributed by atoms with Crippen LogP contribution in [0.25, 0.3) is 0 Å². The van der Waals surface area contributed by atoms with Crippen LogP contribution in [0.1, 0.15) is 28.8 Å². The fraction of sp³-hybridized carbons (Fsp3) is 0.238. The Kier molecular flexibility index (Phi) is 7.43. The first kappa shape index (κ1) is 19.2. The normalized spacial score (nSPS) is 10.0. The molecular formula is C21H24N2O3. The van der Waals surface area contributed by atoms with E-state index in [2.05, 4.69) is 17.2 Å². The van der Waals surface area contributed by atoms with Gasteiger partial charge in [-0.3, -0.25) is 9.59 Å². The van der Waals surface area contributed by atoms with Gasteiger partial charge in [0.25, 0.3) is 5.91 Å². The minimum atomic E-state index is -0.247. The van der Waals surface area contributed by atoms with Crippen molar-refractivity contribution in [1.82, 2.24) is 5.32 Å². The first-order valence-electron chi connectivity index (χ1n) is 8.57. The van der Waals surface area contributed by atoms with Crippen molar-refractivity contribution in [1.29, 1.82) is 0 Å². The molecule has 0 spiro atoms. The molecule has 0 aliphatic rings. The maximum absolute atomic E-state index is 12.1. The van der Waals surface area contributed by atoms with Crippen LogP contribution in [0.4, 0.5) is 5.69 Å². The third-order valence-corrected chi connectivity index (χ3v) is 3.69. The second-order valence-electron chi connectivity index (χ2n) is 5.86. The van der Waals surface area contributed by atoms with Gasteiger partial charge in [0.1, 0.15) is 5.75 Å². The molecule has 0 atom stereocenters. The molecule has 0 aromatic heterocycles. The smallest absolute Gasteiger partial charge is 0.253 e. The molecule has 0 bridgehead atoms. The van der Waals surface area contributed by atoms with E-state index in [1.54, 1.807) is 30.3 Å². The number of anilines is 1. The molecule has 0 saturated heterocycles. The second kappa shape index (κ2) is 10.0. The van der Waals surface area contributed by atoms with E-state index in [9.17, 15) is 9.59 Å². The van der Waals surface area contributed by atoms with Crippen molar-refractivity contribution < 1.29 is 14.3 Å². The van der Waals surface area contributed by atoms with Crippen LogP contribution in [-0.2, 0) is 4.79 Å². The summed E-state index contributed by atoms with van der Waals surface area (Å²) in [5, 5.41) is 5.50. The van der Waals surface area contributed by atoms with Crippen LogP contribution in [0, 0.1) is 6.92 Å². The minimum Gasteiger partial charge on any atom is -0.494 e. The molecule has 2 amide bonds. The summed E-state index contributed by atoms with van der Waals surface area (Å²) in [4.78, 5) is 24.3. The molecular weight excluding hydrogens is 328 g/mol. The average Bonchev–Trinajstić information content (AvgIpc) is 2.65. The van der Waals surface area contributed by atoms with Gasteiger partial charge in [-0.1, -0.05) is 35.9 Å². The summed E-state index contributed by atoms with van der Waals surface area (Å²) in [6.07, 6.45) is 2.51. The summed E-state index contributed by atoms with van der Waals surface area (Å²) < 4.78 is 5.61. The van der Waals surface area contributed by atoms with E-state index in [0.717, 1.165) is 5.75 Å². The predicted molar refractivity (Wildman–Crippen MR) is 104 cm³/mol. The Labute approximate surface area is 154 Å². The van der Waals surface area contributed by atoms with Crippen LogP contribution in [0.5, 0.6) is 5.75 Å². The van der Waals surface area contributed by atoms with Crippen molar-refractivity contribution in [2.24, 2.45) is 0 Å². The third kappa shape index (κ3) is 6.09. The highest BCUT2D eigenvalue weighted by atomic mass is 16.5. The Morgan fingerprint density at radius 1 is 1.12 bits per heavy atom. The average molecular weight is 352 g/mol. The van der Waals surface area contributed by atoms with E-state index in [-0.39, 0.29) is 11.8 Å². The molecule has 0 aliphatic heterocycles. The minimum absolute atomic E-state index is 0.151. The number of hydrogen-bond donors (Lipinski definition) is 2. The van der Waals surface area contributed by atoms with Crippen LogP contribution < -0.4 is 15.4 Å². The van der Waals surface area contributed by atoms with Gasteiger partial charge in [-0.25, -0.2) is 0 Å². The summed E-state index contributed by atoms with van der Waals surface area (Å²) in [5.74, 6) is 0.394. The molecule has 2 rings (SSSR count). The highest BCUT2D eigenvalue weighted by Gasteiger charge is 2.12. The lowest BCUT2D eigenvalue weighted by atomic mass is 10.1. The van der Waals surface area contributed by atoms with E-state index in [1.807, 2.05) is 31.2 Å². The zero-order valence-electron chi connectivity index (χ0n) is 15.0. The SMILES string of the molecule is C=CCNC(=O)c1ccccc1NC(=O)CCCOc1ccc(C)cc1. The molecule has 2 N–H and O–H groups in total. The Morgan fingerprint density at radius 2 is 1.85 bits per heavy atom. The number of aryl methyl sites for hydroxylation is 1. The van der Waals surface area contributed by atoms with Gasteiger partial charge in [0.2, 0.25) is 5.91 Å². The summed E-state index contributed by atoms with van der Waals surface area (Å²) in [6, 6.07) is 14.7. The van der Waals surface area contributed by atoms with Crippen LogP contribution >= 0.6 is 0 Å². The van der Waals surface area contributed by atoms with Gasteiger partial charge in [0.05, 0.1) is 17.9 Å². The molecule has 136 valence electrons. The number of para-hydroxylation sites is 1. The number of rotatable bonds is 9. The molecule has 2 aromatic carbocycles. The van der Waals surface area contributed by atoms with Gasteiger partial charge in [-0.2, -0.15) is 0 Å². The van der Waals surface area contributed by atoms with Gasteiger partial charge in [0.15, 0.2) is 0 Å². The van der Waals surface area contributed by atoms with Gasteiger partial charge < -0.3 is 15.4 Å². The fourth-order valence-corrected chi connectivity index (χ4v) is 2.32. The first-order valence-corrected chi connectivity index (χ1v) is 8.57. The number of benzene rings is 2. The van der Waals surface area contributed by atoms with E-state index in [1.165, 1.54) is 5.56 Å². The van der Waals surface area contributed by atoms with Crippen molar-refractivity contribution in [3.05, 3.63) is 72.3 Å². The van der Waals surface area contributed by atoms with Crippen molar-refractivity contribution in [3.8, 4) is 5.75 Å². The highest BCUT2D eigenvalue weighted by Crippen LogP contribution is 2.16. The number of hydrogen-bond acceptors (Lipinski definition) is 3. The van der Waals surface area contributed by atoms with Gasteiger partial charge in [-0.15, -0.1) is 6.58 Å². The molecule has 2 aromatic rings. The molecule has 0 fully saturated rings. The first-order chi connectivity index (χ1) is 12.6. The lowest BCUT2D eigenvalue weighted by molar-refractivity contribution is -0.116. The number of ether oxygens (including phenoxy) is 1. The van der Waals surface area contributed by atoms with Crippen molar-refractivity contribution >= 4 is 17.5 Å². The lowest BCUT2D eigenvalue weighted by Gasteiger charge is -2.11. The highest BCUT2D eigenvalue weighted by molar-refractivity contribution is 6.03. The molecule has 0 aliphatic carbocycles. The van der Waals surface area contributed by atoms with E-state index in [4.69, 9.17) is 4.74 Å². The Morgan fingerprint density at radius 3 is 2.58 bits per heavy atom. The van der Waals surface area contributed by atoms with E-state index in [0.29, 0.717) is 37.2 Å². The number of amides is 2. The van der Waals surface area contributed by atoms with E-state index >= 15 is 0 Å². The van der Waals surface area contributed by atoms with Crippen LogP contribution in [-0.4, -0.2) is 25.0 Å². The third-order valence-electron chi connectivity index (χ3n) is 3.69. The molecule has 0 radical (unpaired) electrons. The lowest BCUT2D eigenvalue weighted by Crippen LogP contribution is -2.25. The summed E-state index contributed by atoms with van der Waals surface area (Å²) in [7, 11) is 0.